The van der Waals surface area contributed by atoms with Crippen molar-refractivity contribution in [2.45, 2.75) is 6.92 Å². The van der Waals surface area contributed by atoms with Gasteiger partial charge in [-0.2, -0.15) is 0 Å². The molecular weight excluding hydrogens is 252 g/mol. The van der Waals surface area contributed by atoms with Crippen LogP contribution < -0.4 is 10.3 Å². The van der Waals surface area contributed by atoms with Gasteiger partial charge >= 0.3 is 0 Å². The zero-order chi connectivity index (χ0) is 14.1. The van der Waals surface area contributed by atoms with Crippen molar-refractivity contribution in [1.82, 2.24) is 9.97 Å². The molecule has 0 aliphatic rings. The second-order valence-electron chi connectivity index (χ2n) is 4.66. The molecule has 4 heteroatoms. The topological polar surface area (TPSA) is 55.0 Å². The molecule has 0 radical (unpaired) electrons. The van der Waals surface area contributed by atoms with Crippen LogP contribution in [-0.2, 0) is 0 Å². The number of H-pyrrole nitrogens is 1. The fraction of sp³-hybridized carbons (Fsp3) is 0.125. The smallest absolute Gasteiger partial charge is 0.274 e. The lowest BCUT2D eigenvalue weighted by molar-refractivity contribution is 0.415. The van der Waals surface area contributed by atoms with Gasteiger partial charge in [-0.25, -0.2) is 4.98 Å². The normalized spacial score (nSPS) is 10.7. The van der Waals surface area contributed by atoms with E-state index < -0.39 is 0 Å². The Labute approximate surface area is 116 Å². The summed E-state index contributed by atoms with van der Waals surface area (Å²) in [6.45, 7) is 2.01. The number of aryl methyl sites for hydroxylation is 1. The Morgan fingerprint density at radius 1 is 1.10 bits per heavy atom. The largest absolute Gasteiger partial charge is 0.497 e. The van der Waals surface area contributed by atoms with Crippen LogP contribution in [0, 0.1) is 6.92 Å². The van der Waals surface area contributed by atoms with Crippen molar-refractivity contribution in [3.63, 3.8) is 0 Å². The van der Waals surface area contributed by atoms with Crippen molar-refractivity contribution < 1.29 is 4.74 Å². The van der Waals surface area contributed by atoms with Gasteiger partial charge in [0.15, 0.2) is 0 Å². The fourth-order valence-electron chi connectivity index (χ4n) is 2.10. The van der Waals surface area contributed by atoms with E-state index in [-0.39, 0.29) is 5.56 Å². The molecule has 1 aromatic heterocycles. The molecule has 0 unspecified atom stereocenters. The Morgan fingerprint density at radius 2 is 1.85 bits per heavy atom. The average Bonchev–Trinajstić information content (AvgIpc) is 2.47. The summed E-state index contributed by atoms with van der Waals surface area (Å²) in [5, 5.41) is 0. The summed E-state index contributed by atoms with van der Waals surface area (Å²) >= 11 is 0. The highest BCUT2D eigenvalue weighted by atomic mass is 16.5. The summed E-state index contributed by atoms with van der Waals surface area (Å²) in [5.74, 6) is 0.715. The Kier molecular flexibility index (Phi) is 2.99. The van der Waals surface area contributed by atoms with Crippen LogP contribution in [0.15, 0.2) is 47.3 Å². The van der Waals surface area contributed by atoms with Crippen LogP contribution in [0.3, 0.4) is 0 Å². The lowest BCUT2D eigenvalue weighted by Gasteiger charge is -2.05. The minimum atomic E-state index is -0.188. The van der Waals surface area contributed by atoms with E-state index in [1.165, 1.54) is 0 Å². The minimum absolute atomic E-state index is 0.188. The number of ether oxygens (including phenoxy) is 1. The van der Waals surface area contributed by atoms with Gasteiger partial charge in [-0.15, -0.1) is 0 Å². The molecule has 100 valence electrons. The van der Waals surface area contributed by atoms with E-state index in [4.69, 9.17) is 4.74 Å². The lowest BCUT2D eigenvalue weighted by atomic mass is 10.1. The van der Waals surface area contributed by atoms with Crippen molar-refractivity contribution >= 4 is 11.0 Å². The van der Waals surface area contributed by atoms with Crippen molar-refractivity contribution in [2.24, 2.45) is 0 Å². The molecule has 0 saturated carbocycles. The van der Waals surface area contributed by atoms with Gasteiger partial charge in [0.05, 0.1) is 18.1 Å². The molecule has 4 nitrogen and oxygen atoms in total. The number of fused-ring (bicyclic) bond motifs is 1. The zero-order valence-corrected chi connectivity index (χ0v) is 11.3. The van der Waals surface area contributed by atoms with Gasteiger partial charge in [-0.05, 0) is 19.1 Å². The Hall–Kier alpha value is -2.62. The molecule has 0 fully saturated rings. The first-order valence-electron chi connectivity index (χ1n) is 6.32. The standard InChI is InChI=1S/C16H14N2O2/c1-10-3-5-11(6-4-10)15-16(19)18-13-8-7-12(20-2)9-14(13)17-15/h3-9H,1-2H3,(H,18,19). The van der Waals surface area contributed by atoms with E-state index in [0.29, 0.717) is 22.5 Å². The maximum absolute atomic E-state index is 12.1. The number of hydrogen-bond acceptors (Lipinski definition) is 3. The molecule has 3 aromatic rings. The Morgan fingerprint density at radius 3 is 2.55 bits per heavy atom. The Bertz CT molecular complexity index is 820. The van der Waals surface area contributed by atoms with E-state index >= 15 is 0 Å². The van der Waals surface area contributed by atoms with Crippen LogP contribution in [0.4, 0.5) is 0 Å². The molecule has 0 aliphatic carbocycles. The molecule has 0 spiro atoms. The predicted molar refractivity (Wildman–Crippen MR) is 79.1 cm³/mol. The average molecular weight is 266 g/mol. The van der Waals surface area contributed by atoms with E-state index in [1.807, 2.05) is 37.3 Å². The molecule has 0 atom stereocenters. The van der Waals surface area contributed by atoms with E-state index in [0.717, 1.165) is 11.1 Å². The van der Waals surface area contributed by atoms with Crippen LogP contribution >= 0.6 is 0 Å². The fourth-order valence-corrected chi connectivity index (χ4v) is 2.10. The highest BCUT2D eigenvalue weighted by Gasteiger charge is 2.08. The van der Waals surface area contributed by atoms with Gasteiger partial charge in [0.1, 0.15) is 11.4 Å². The first-order valence-corrected chi connectivity index (χ1v) is 6.32. The van der Waals surface area contributed by atoms with E-state index in [1.54, 1.807) is 19.2 Å². The lowest BCUT2D eigenvalue weighted by Crippen LogP contribution is -2.11. The van der Waals surface area contributed by atoms with Gasteiger partial charge in [0, 0.05) is 11.6 Å². The number of methoxy groups -OCH3 is 1. The third-order valence-corrected chi connectivity index (χ3v) is 3.23. The highest BCUT2D eigenvalue weighted by Crippen LogP contribution is 2.20. The summed E-state index contributed by atoms with van der Waals surface area (Å²) in [5.41, 5.74) is 3.60. The molecule has 1 N–H and O–H groups in total. The molecule has 0 aliphatic heterocycles. The van der Waals surface area contributed by atoms with Gasteiger partial charge < -0.3 is 9.72 Å². The monoisotopic (exact) mass is 266 g/mol. The first-order chi connectivity index (χ1) is 9.67. The van der Waals surface area contributed by atoms with Crippen molar-refractivity contribution in [3.8, 4) is 17.0 Å². The number of nitrogens with one attached hydrogen (secondary N) is 1. The SMILES string of the molecule is COc1ccc2[nH]c(=O)c(-c3ccc(C)cc3)nc2c1. The summed E-state index contributed by atoms with van der Waals surface area (Å²) < 4.78 is 5.18. The second-order valence-corrected chi connectivity index (χ2v) is 4.66. The van der Waals surface area contributed by atoms with Crippen LogP contribution in [0.2, 0.25) is 0 Å². The minimum Gasteiger partial charge on any atom is -0.497 e. The summed E-state index contributed by atoms with van der Waals surface area (Å²) in [6, 6.07) is 13.1. The van der Waals surface area contributed by atoms with Crippen LogP contribution in [0.5, 0.6) is 5.75 Å². The van der Waals surface area contributed by atoms with Gasteiger partial charge in [0.2, 0.25) is 0 Å². The van der Waals surface area contributed by atoms with E-state index in [2.05, 4.69) is 9.97 Å². The molecule has 2 aromatic carbocycles. The van der Waals surface area contributed by atoms with Crippen molar-refractivity contribution in [2.75, 3.05) is 7.11 Å². The summed E-state index contributed by atoms with van der Waals surface area (Å²) in [7, 11) is 1.60. The van der Waals surface area contributed by atoms with Crippen molar-refractivity contribution in [1.29, 1.82) is 0 Å². The quantitative estimate of drug-likeness (QED) is 0.776. The van der Waals surface area contributed by atoms with Gasteiger partial charge in [0.25, 0.3) is 5.56 Å². The number of hydrogen-bond donors (Lipinski definition) is 1. The number of nitrogens with zero attached hydrogens (tertiary/aromatic N) is 1. The van der Waals surface area contributed by atoms with Gasteiger partial charge in [-0.1, -0.05) is 29.8 Å². The summed E-state index contributed by atoms with van der Waals surface area (Å²) in [6.07, 6.45) is 0. The second kappa shape index (κ2) is 4.81. The maximum atomic E-state index is 12.1. The molecule has 0 amide bonds. The molecule has 0 saturated heterocycles. The molecule has 1 heterocycles. The Balaban J connectivity index is 2.22. The van der Waals surface area contributed by atoms with E-state index in [9.17, 15) is 4.79 Å². The number of benzene rings is 2. The highest BCUT2D eigenvalue weighted by molar-refractivity contribution is 5.78. The third kappa shape index (κ3) is 2.16. The summed E-state index contributed by atoms with van der Waals surface area (Å²) in [4.78, 5) is 19.4. The van der Waals surface area contributed by atoms with Crippen LogP contribution in [0.25, 0.3) is 22.3 Å². The van der Waals surface area contributed by atoms with Crippen LogP contribution in [0.1, 0.15) is 5.56 Å². The van der Waals surface area contributed by atoms with Crippen molar-refractivity contribution in [3.05, 3.63) is 58.4 Å². The number of aromatic amines is 1. The first kappa shape index (κ1) is 12.4. The van der Waals surface area contributed by atoms with Crippen LogP contribution in [-0.4, -0.2) is 17.1 Å². The maximum Gasteiger partial charge on any atom is 0.274 e. The molecular formula is C16H14N2O2. The predicted octanol–water partition coefficient (Wildman–Crippen LogP) is 2.91. The number of aromatic nitrogens is 2. The third-order valence-electron chi connectivity index (χ3n) is 3.23. The molecule has 3 rings (SSSR count). The zero-order valence-electron chi connectivity index (χ0n) is 11.3. The van der Waals surface area contributed by atoms with Gasteiger partial charge in [-0.3, -0.25) is 4.79 Å². The number of rotatable bonds is 2. The molecule has 20 heavy (non-hydrogen) atoms. The molecule has 0 bridgehead atoms.